The van der Waals surface area contributed by atoms with Crippen LogP contribution in [0.5, 0.6) is 0 Å². The number of aryl methyl sites for hydroxylation is 1. The van der Waals surface area contributed by atoms with Crippen molar-refractivity contribution in [1.82, 2.24) is 5.32 Å². The fourth-order valence-corrected chi connectivity index (χ4v) is 2.45. The van der Waals surface area contributed by atoms with Crippen LogP contribution in [0.25, 0.3) is 0 Å². The van der Waals surface area contributed by atoms with Crippen LogP contribution in [-0.4, -0.2) is 29.4 Å². The van der Waals surface area contributed by atoms with Crippen LogP contribution in [0.15, 0.2) is 12.1 Å². The summed E-state index contributed by atoms with van der Waals surface area (Å²) in [5.74, 6) is -2.16. The van der Waals surface area contributed by atoms with Crippen LogP contribution in [0.2, 0.25) is 0 Å². The standard InChI is InChI=1S/C16H19FN2O4/c17-12-9-13-10(5-6-14(20)19-13)8-11(12)16(23)18-7-3-1-2-4-15(21)22/h8-9H,1-7H2,(H,18,23)(H,19,20)(H,21,22). The summed E-state index contributed by atoms with van der Waals surface area (Å²) in [7, 11) is 0. The molecule has 3 N–H and O–H groups in total. The Morgan fingerprint density at radius 1 is 1.22 bits per heavy atom. The van der Waals surface area contributed by atoms with Gasteiger partial charge in [-0.05, 0) is 37.0 Å². The molecule has 0 saturated heterocycles. The van der Waals surface area contributed by atoms with Crippen LogP contribution < -0.4 is 10.6 Å². The van der Waals surface area contributed by atoms with E-state index >= 15 is 0 Å². The summed E-state index contributed by atoms with van der Waals surface area (Å²) in [5.41, 5.74) is 1.13. The molecule has 1 aromatic rings. The molecule has 0 aromatic heterocycles. The highest BCUT2D eigenvalue weighted by Crippen LogP contribution is 2.25. The molecule has 23 heavy (non-hydrogen) atoms. The average molecular weight is 322 g/mol. The Balaban J connectivity index is 1.87. The molecular formula is C16H19FN2O4. The molecule has 2 rings (SSSR count). The summed E-state index contributed by atoms with van der Waals surface area (Å²) in [5, 5.41) is 13.7. The van der Waals surface area contributed by atoms with E-state index in [-0.39, 0.29) is 17.9 Å². The molecule has 1 aliphatic rings. The van der Waals surface area contributed by atoms with Crippen molar-refractivity contribution in [2.24, 2.45) is 0 Å². The van der Waals surface area contributed by atoms with E-state index in [1.165, 1.54) is 12.1 Å². The fraction of sp³-hybridized carbons (Fsp3) is 0.438. The van der Waals surface area contributed by atoms with Gasteiger partial charge in [-0.15, -0.1) is 0 Å². The Labute approximate surface area is 133 Å². The zero-order chi connectivity index (χ0) is 16.8. The van der Waals surface area contributed by atoms with Gasteiger partial charge < -0.3 is 15.7 Å². The molecule has 0 spiro atoms. The lowest BCUT2D eigenvalue weighted by molar-refractivity contribution is -0.137. The Morgan fingerprint density at radius 2 is 2.00 bits per heavy atom. The molecule has 7 heteroatoms. The molecule has 2 amide bonds. The minimum atomic E-state index is -0.836. The number of carbonyl (C=O) groups is 3. The smallest absolute Gasteiger partial charge is 0.303 e. The number of carboxylic acids is 1. The molecular weight excluding hydrogens is 303 g/mol. The molecule has 124 valence electrons. The minimum absolute atomic E-state index is 0.0366. The second-order valence-electron chi connectivity index (χ2n) is 5.50. The maximum absolute atomic E-state index is 14.0. The van der Waals surface area contributed by atoms with Gasteiger partial charge in [0.25, 0.3) is 5.91 Å². The van der Waals surface area contributed by atoms with Crippen molar-refractivity contribution in [1.29, 1.82) is 0 Å². The number of amides is 2. The fourth-order valence-electron chi connectivity index (χ4n) is 2.45. The van der Waals surface area contributed by atoms with Crippen LogP contribution in [-0.2, 0) is 16.0 Å². The number of rotatable bonds is 7. The van der Waals surface area contributed by atoms with E-state index in [4.69, 9.17) is 5.11 Å². The third-order valence-corrected chi connectivity index (χ3v) is 3.69. The lowest BCUT2D eigenvalue weighted by atomic mass is 9.99. The first-order chi connectivity index (χ1) is 11.0. The molecule has 0 aliphatic carbocycles. The van der Waals surface area contributed by atoms with E-state index in [9.17, 15) is 18.8 Å². The first kappa shape index (κ1) is 16.9. The second kappa shape index (κ2) is 7.71. The van der Waals surface area contributed by atoms with Gasteiger partial charge in [0.2, 0.25) is 5.91 Å². The molecule has 0 unspecified atom stereocenters. The van der Waals surface area contributed by atoms with Crippen LogP contribution in [0.4, 0.5) is 10.1 Å². The van der Waals surface area contributed by atoms with Crippen molar-refractivity contribution in [3.63, 3.8) is 0 Å². The van der Waals surface area contributed by atoms with Gasteiger partial charge in [0.05, 0.1) is 5.56 Å². The molecule has 0 fully saturated rings. The topological polar surface area (TPSA) is 95.5 Å². The summed E-state index contributed by atoms with van der Waals surface area (Å²) in [6.07, 6.45) is 2.80. The van der Waals surface area contributed by atoms with Gasteiger partial charge in [0.1, 0.15) is 5.82 Å². The van der Waals surface area contributed by atoms with E-state index in [0.29, 0.717) is 44.3 Å². The second-order valence-corrected chi connectivity index (χ2v) is 5.50. The first-order valence-corrected chi connectivity index (χ1v) is 7.59. The molecule has 1 heterocycles. The Kier molecular flexibility index (Phi) is 5.67. The van der Waals surface area contributed by atoms with Crippen LogP contribution in [0.3, 0.4) is 0 Å². The molecule has 6 nitrogen and oxygen atoms in total. The van der Waals surface area contributed by atoms with E-state index in [1.54, 1.807) is 0 Å². The van der Waals surface area contributed by atoms with Gasteiger partial charge >= 0.3 is 5.97 Å². The SMILES string of the molecule is O=C(O)CCCCCNC(=O)c1cc2c(cc1F)NC(=O)CC2. The highest BCUT2D eigenvalue weighted by atomic mass is 19.1. The van der Waals surface area contributed by atoms with Gasteiger partial charge in [-0.3, -0.25) is 14.4 Å². The van der Waals surface area contributed by atoms with Crippen molar-refractivity contribution in [3.8, 4) is 0 Å². The maximum atomic E-state index is 14.0. The van der Waals surface area contributed by atoms with Crippen molar-refractivity contribution in [2.75, 3.05) is 11.9 Å². The number of fused-ring (bicyclic) bond motifs is 1. The molecule has 0 bridgehead atoms. The third kappa shape index (κ3) is 4.77. The number of unbranched alkanes of at least 4 members (excludes halogenated alkanes) is 2. The largest absolute Gasteiger partial charge is 0.481 e. The number of halogens is 1. The molecule has 0 saturated carbocycles. The normalized spacial score (nSPS) is 13.2. The van der Waals surface area contributed by atoms with Gasteiger partial charge in [0, 0.05) is 25.1 Å². The number of benzene rings is 1. The third-order valence-electron chi connectivity index (χ3n) is 3.69. The predicted molar refractivity (Wildman–Crippen MR) is 81.8 cm³/mol. The molecule has 0 radical (unpaired) electrons. The molecule has 1 aromatic carbocycles. The Hall–Kier alpha value is -2.44. The monoisotopic (exact) mass is 322 g/mol. The van der Waals surface area contributed by atoms with E-state index in [1.807, 2.05) is 0 Å². The highest BCUT2D eigenvalue weighted by molar-refractivity contribution is 5.98. The van der Waals surface area contributed by atoms with Crippen molar-refractivity contribution < 1.29 is 23.9 Å². The number of anilines is 1. The maximum Gasteiger partial charge on any atom is 0.303 e. The zero-order valence-electron chi connectivity index (χ0n) is 12.7. The lowest BCUT2D eigenvalue weighted by Crippen LogP contribution is -2.26. The summed E-state index contributed by atoms with van der Waals surface area (Å²) in [4.78, 5) is 33.7. The molecule has 1 aliphatic heterocycles. The zero-order valence-corrected chi connectivity index (χ0v) is 12.7. The lowest BCUT2D eigenvalue weighted by Gasteiger charge is -2.18. The van der Waals surface area contributed by atoms with E-state index in [2.05, 4.69) is 10.6 Å². The number of carboxylic acid groups (broad SMARTS) is 1. The Bertz CT molecular complexity index is 631. The number of hydrogen-bond acceptors (Lipinski definition) is 3. The number of carbonyl (C=O) groups excluding carboxylic acids is 2. The van der Waals surface area contributed by atoms with Crippen molar-refractivity contribution >= 4 is 23.5 Å². The van der Waals surface area contributed by atoms with Crippen LogP contribution >= 0.6 is 0 Å². The van der Waals surface area contributed by atoms with E-state index < -0.39 is 17.7 Å². The van der Waals surface area contributed by atoms with Gasteiger partial charge in [-0.25, -0.2) is 4.39 Å². The van der Waals surface area contributed by atoms with Crippen molar-refractivity contribution in [2.45, 2.75) is 38.5 Å². The van der Waals surface area contributed by atoms with Gasteiger partial charge in [-0.1, -0.05) is 6.42 Å². The average Bonchev–Trinajstić information content (AvgIpc) is 2.49. The number of hydrogen-bond donors (Lipinski definition) is 3. The Morgan fingerprint density at radius 3 is 2.74 bits per heavy atom. The number of nitrogens with one attached hydrogen (secondary N) is 2. The number of aliphatic carboxylic acids is 1. The molecule has 0 atom stereocenters. The van der Waals surface area contributed by atoms with E-state index in [0.717, 1.165) is 5.56 Å². The summed E-state index contributed by atoms with van der Waals surface area (Å²) < 4.78 is 14.0. The summed E-state index contributed by atoms with van der Waals surface area (Å²) >= 11 is 0. The van der Waals surface area contributed by atoms with Crippen LogP contribution in [0.1, 0.15) is 48.0 Å². The van der Waals surface area contributed by atoms with Gasteiger partial charge in [0.15, 0.2) is 0 Å². The van der Waals surface area contributed by atoms with Crippen LogP contribution in [0, 0.1) is 5.82 Å². The minimum Gasteiger partial charge on any atom is -0.481 e. The quantitative estimate of drug-likeness (QED) is 0.670. The predicted octanol–water partition coefficient (Wildman–Crippen LogP) is 2.09. The summed E-state index contributed by atoms with van der Waals surface area (Å²) in [6.45, 7) is 0.367. The van der Waals surface area contributed by atoms with Crippen molar-refractivity contribution in [3.05, 3.63) is 29.1 Å². The summed E-state index contributed by atoms with van der Waals surface area (Å²) in [6, 6.07) is 2.65. The first-order valence-electron chi connectivity index (χ1n) is 7.59. The van der Waals surface area contributed by atoms with Gasteiger partial charge in [-0.2, -0.15) is 0 Å². The highest BCUT2D eigenvalue weighted by Gasteiger charge is 2.20.